The molecule has 2 fully saturated rings. The first-order chi connectivity index (χ1) is 12.3. The van der Waals surface area contributed by atoms with Gasteiger partial charge in [-0.15, -0.1) is 0 Å². The topological polar surface area (TPSA) is 36.4 Å². The summed E-state index contributed by atoms with van der Waals surface area (Å²) in [5.41, 5.74) is 3.28. The van der Waals surface area contributed by atoms with E-state index in [9.17, 15) is 4.79 Å². The van der Waals surface area contributed by atoms with Crippen LogP contribution < -0.4 is 4.90 Å². The molecular formula is C21H23N3O. The lowest BCUT2D eigenvalue weighted by atomic mass is 9.81. The van der Waals surface area contributed by atoms with E-state index in [1.807, 2.05) is 18.5 Å². The zero-order chi connectivity index (χ0) is 16.9. The average Bonchev–Trinajstić information content (AvgIpc) is 3.33. The molecule has 1 amide bonds. The number of hydrogen-bond acceptors (Lipinski definition) is 3. The molecule has 1 saturated carbocycles. The number of anilines is 1. The monoisotopic (exact) mass is 333 g/mol. The Morgan fingerprint density at radius 1 is 1.16 bits per heavy atom. The van der Waals surface area contributed by atoms with Crippen LogP contribution in [0.4, 0.5) is 5.69 Å². The van der Waals surface area contributed by atoms with Crippen molar-refractivity contribution >= 4 is 11.6 Å². The van der Waals surface area contributed by atoms with Crippen LogP contribution in [0.3, 0.4) is 0 Å². The summed E-state index contributed by atoms with van der Waals surface area (Å²) in [5.74, 6) is 1.04. The summed E-state index contributed by atoms with van der Waals surface area (Å²) in [6.07, 6.45) is 7.19. The minimum atomic E-state index is -0.340. The minimum absolute atomic E-state index is 0.328. The van der Waals surface area contributed by atoms with Crippen LogP contribution in [0, 0.1) is 5.92 Å². The second-order valence-electron chi connectivity index (χ2n) is 7.78. The summed E-state index contributed by atoms with van der Waals surface area (Å²) in [4.78, 5) is 22.1. The number of carbonyl (C=O) groups is 1. The molecule has 4 heteroatoms. The molecule has 1 aliphatic carbocycles. The van der Waals surface area contributed by atoms with Crippen LogP contribution >= 0.6 is 0 Å². The Balaban J connectivity index is 1.43. The molecule has 0 bridgehead atoms. The molecule has 3 heterocycles. The third kappa shape index (κ3) is 2.47. The Kier molecular flexibility index (Phi) is 3.42. The second-order valence-corrected chi connectivity index (χ2v) is 7.78. The maximum Gasteiger partial charge on any atom is 0.239 e. The third-order valence-corrected chi connectivity index (χ3v) is 5.98. The Labute approximate surface area is 148 Å². The number of amides is 1. The van der Waals surface area contributed by atoms with Gasteiger partial charge < -0.3 is 4.90 Å². The van der Waals surface area contributed by atoms with Crippen molar-refractivity contribution < 1.29 is 4.79 Å². The fourth-order valence-electron chi connectivity index (χ4n) is 4.50. The highest BCUT2D eigenvalue weighted by Crippen LogP contribution is 2.48. The summed E-state index contributed by atoms with van der Waals surface area (Å²) >= 11 is 0. The zero-order valence-corrected chi connectivity index (χ0v) is 14.4. The Morgan fingerprint density at radius 2 is 2.04 bits per heavy atom. The fourth-order valence-corrected chi connectivity index (χ4v) is 4.50. The van der Waals surface area contributed by atoms with Gasteiger partial charge in [0, 0.05) is 37.7 Å². The maximum atomic E-state index is 13.4. The molecule has 128 valence electrons. The molecule has 2 aliphatic heterocycles. The molecule has 1 atom stereocenters. The molecule has 4 nitrogen and oxygen atoms in total. The first kappa shape index (κ1) is 15.1. The van der Waals surface area contributed by atoms with Crippen molar-refractivity contribution in [3.8, 4) is 0 Å². The van der Waals surface area contributed by atoms with E-state index in [4.69, 9.17) is 0 Å². The summed E-state index contributed by atoms with van der Waals surface area (Å²) in [6, 6.07) is 12.5. The molecule has 2 aromatic rings. The highest BCUT2D eigenvalue weighted by atomic mass is 16.2. The van der Waals surface area contributed by atoms with Gasteiger partial charge in [-0.05, 0) is 55.0 Å². The maximum absolute atomic E-state index is 13.4. The summed E-state index contributed by atoms with van der Waals surface area (Å²) < 4.78 is 0. The Hall–Kier alpha value is -2.20. The fraction of sp³-hybridized carbons (Fsp3) is 0.429. The van der Waals surface area contributed by atoms with Gasteiger partial charge in [-0.1, -0.05) is 24.3 Å². The highest BCUT2D eigenvalue weighted by Gasteiger charge is 2.54. The molecule has 3 aliphatic rings. The molecule has 0 N–H and O–H groups in total. The van der Waals surface area contributed by atoms with Gasteiger partial charge >= 0.3 is 0 Å². The standard InChI is InChI=1S/C21H23N3O/c25-20-21(9-11-23(15-21)13-17-4-3-10-22-12-17)18-5-1-2-6-19(18)24(20)14-16-7-8-16/h1-6,10,12,16H,7-9,11,13-15H2. The first-order valence-corrected chi connectivity index (χ1v) is 9.29. The van der Waals surface area contributed by atoms with Crippen molar-refractivity contribution in [2.45, 2.75) is 31.2 Å². The van der Waals surface area contributed by atoms with Gasteiger partial charge in [0.05, 0.1) is 5.41 Å². The lowest BCUT2D eigenvalue weighted by Gasteiger charge is -2.24. The molecule has 1 unspecified atom stereocenters. The minimum Gasteiger partial charge on any atom is -0.311 e. The van der Waals surface area contributed by atoms with Crippen LogP contribution in [-0.2, 0) is 16.8 Å². The van der Waals surface area contributed by atoms with E-state index in [1.54, 1.807) is 0 Å². The van der Waals surface area contributed by atoms with Crippen LogP contribution in [0.2, 0.25) is 0 Å². The molecule has 25 heavy (non-hydrogen) atoms. The molecule has 1 aromatic carbocycles. The van der Waals surface area contributed by atoms with Crippen LogP contribution in [0.1, 0.15) is 30.4 Å². The quantitative estimate of drug-likeness (QED) is 0.863. The van der Waals surface area contributed by atoms with Crippen LogP contribution in [0.15, 0.2) is 48.8 Å². The van der Waals surface area contributed by atoms with Crippen LogP contribution in [0.5, 0.6) is 0 Å². The van der Waals surface area contributed by atoms with Gasteiger partial charge in [-0.2, -0.15) is 0 Å². The predicted octanol–water partition coefficient (Wildman–Crippen LogP) is 2.98. The number of para-hydroxylation sites is 1. The van der Waals surface area contributed by atoms with Crippen molar-refractivity contribution in [2.24, 2.45) is 5.92 Å². The highest BCUT2D eigenvalue weighted by molar-refractivity contribution is 6.08. The zero-order valence-electron chi connectivity index (χ0n) is 14.4. The average molecular weight is 333 g/mol. The summed E-state index contributed by atoms with van der Waals surface area (Å²) in [6.45, 7) is 3.55. The number of pyridine rings is 1. The van der Waals surface area contributed by atoms with E-state index in [0.29, 0.717) is 11.8 Å². The normalized spacial score (nSPS) is 25.8. The summed E-state index contributed by atoms with van der Waals surface area (Å²) in [5, 5.41) is 0. The molecule has 1 aromatic heterocycles. The van der Waals surface area contributed by atoms with Crippen molar-refractivity contribution in [3.63, 3.8) is 0 Å². The van der Waals surface area contributed by atoms with Gasteiger partial charge in [0.15, 0.2) is 0 Å². The number of rotatable bonds is 4. The van der Waals surface area contributed by atoms with Crippen molar-refractivity contribution in [3.05, 3.63) is 59.9 Å². The second kappa shape index (κ2) is 5.67. The number of hydrogen-bond donors (Lipinski definition) is 0. The molecule has 5 rings (SSSR count). The van der Waals surface area contributed by atoms with E-state index in [1.165, 1.54) is 24.0 Å². The van der Waals surface area contributed by atoms with Crippen LogP contribution in [-0.4, -0.2) is 35.4 Å². The molecule has 1 spiro atoms. The van der Waals surface area contributed by atoms with Crippen molar-refractivity contribution in [2.75, 3.05) is 24.5 Å². The van der Waals surface area contributed by atoms with E-state index >= 15 is 0 Å². The largest absolute Gasteiger partial charge is 0.311 e. The van der Waals surface area contributed by atoms with Gasteiger partial charge in [-0.3, -0.25) is 14.7 Å². The molecule has 1 saturated heterocycles. The van der Waals surface area contributed by atoms with Crippen molar-refractivity contribution in [1.29, 1.82) is 0 Å². The Bertz CT molecular complexity index is 802. The van der Waals surface area contributed by atoms with Gasteiger partial charge in [-0.25, -0.2) is 0 Å². The first-order valence-electron chi connectivity index (χ1n) is 9.29. The summed E-state index contributed by atoms with van der Waals surface area (Å²) in [7, 11) is 0. The number of nitrogens with zero attached hydrogens (tertiary/aromatic N) is 3. The molecular weight excluding hydrogens is 310 g/mol. The lowest BCUT2D eigenvalue weighted by molar-refractivity contribution is -0.122. The lowest BCUT2D eigenvalue weighted by Crippen LogP contribution is -2.43. The number of benzene rings is 1. The van der Waals surface area contributed by atoms with E-state index in [2.05, 4.69) is 45.1 Å². The van der Waals surface area contributed by atoms with Gasteiger partial charge in [0.1, 0.15) is 0 Å². The molecule has 0 radical (unpaired) electrons. The number of aromatic nitrogens is 1. The van der Waals surface area contributed by atoms with E-state index in [-0.39, 0.29) is 5.41 Å². The number of fused-ring (bicyclic) bond motifs is 2. The number of carbonyl (C=O) groups excluding carboxylic acids is 1. The van der Waals surface area contributed by atoms with Crippen LogP contribution in [0.25, 0.3) is 0 Å². The predicted molar refractivity (Wildman–Crippen MR) is 97.3 cm³/mol. The van der Waals surface area contributed by atoms with Crippen molar-refractivity contribution in [1.82, 2.24) is 9.88 Å². The van der Waals surface area contributed by atoms with E-state index < -0.39 is 0 Å². The Morgan fingerprint density at radius 3 is 2.84 bits per heavy atom. The van der Waals surface area contributed by atoms with Gasteiger partial charge in [0.2, 0.25) is 5.91 Å². The van der Waals surface area contributed by atoms with Gasteiger partial charge in [0.25, 0.3) is 0 Å². The third-order valence-electron chi connectivity index (χ3n) is 5.98. The smallest absolute Gasteiger partial charge is 0.239 e. The SMILES string of the molecule is O=C1N(CC2CC2)c2ccccc2C12CCN(Cc1cccnc1)C2. The number of likely N-dealkylation sites (tertiary alicyclic amines) is 1. The van der Waals surface area contributed by atoms with E-state index in [0.717, 1.165) is 38.3 Å².